The molecule has 0 radical (unpaired) electrons. The molecule has 1 aliphatic rings. The second-order valence-corrected chi connectivity index (χ2v) is 8.34. The van der Waals surface area contributed by atoms with Gasteiger partial charge in [0.1, 0.15) is 5.82 Å². The van der Waals surface area contributed by atoms with Gasteiger partial charge in [-0.2, -0.15) is 0 Å². The molecule has 1 saturated heterocycles. The van der Waals surface area contributed by atoms with Gasteiger partial charge in [-0.1, -0.05) is 18.7 Å². The van der Waals surface area contributed by atoms with Crippen molar-refractivity contribution in [1.29, 1.82) is 0 Å². The average Bonchev–Trinajstić information content (AvgIpc) is 3.14. The highest BCUT2D eigenvalue weighted by Gasteiger charge is 2.27. The lowest BCUT2D eigenvalue weighted by atomic mass is 9.97. The smallest absolute Gasteiger partial charge is 0.240 e. The highest BCUT2D eigenvalue weighted by atomic mass is 32.2. The lowest BCUT2D eigenvalue weighted by Gasteiger charge is -2.31. The van der Waals surface area contributed by atoms with Crippen molar-refractivity contribution < 1.29 is 4.79 Å². The Balaban J connectivity index is 1.58. The fourth-order valence-corrected chi connectivity index (χ4v) is 4.47. The van der Waals surface area contributed by atoms with Crippen LogP contribution in [0.15, 0.2) is 10.5 Å². The molecule has 0 spiro atoms. The molecule has 0 unspecified atom stereocenters. The molecule has 9 heteroatoms. The predicted molar refractivity (Wildman–Crippen MR) is 101 cm³/mol. The fraction of sp³-hybridized carbons (Fsp3) is 0.625. The van der Waals surface area contributed by atoms with Crippen molar-refractivity contribution in [2.75, 3.05) is 30.7 Å². The van der Waals surface area contributed by atoms with Gasteiger partial charge in [0.2, 0.25) is 5.91 Å². The van der Waals surface area contributed by atoms with Crippen molar-refractivity contribution in [1.82, 2.24) is 24.6 Å². The van der Waals surface area contributed by atoms with Gasteiger partial charge >= 0.3 is 0 Å². The molecule has 136 valence electrons. The number of anilines is 1. The summed E-state index contributed by atoms with van der Waals surface area (Å²) in [6, 6.07) is 0. The summed E-state index contributed by atoms with van der Waals surface area (Å²) < 4.78 is 2.10. The Hall–Kier alpha value is -1.45. The minimum absolute atomic E-state index is 0.00445. The Morgan fingerprint density at radius 1 is 1.48 bits per heavy atom. The molecule has 2 aromatic heterocycles. The zero-order chi connectivity index (χ0) is 17.8. The van der Waals surface area contributed by atoms with Crippen molar-refractivity contribution >= 4 is 34.1 Å². The Labute approximate surface area is 156 Å². The summed E-state index contributed by atoms with van der Waals surface area (Å²) in [5.74, 6) is 2.33. The molecule has 0 bridgehead atoms. The van der Waals surface area contributed by atoms with Gasteiger partial charge in [-0.3, -0.25) is 9.69 Å². The van der Waals surface area contributed by atoms with E-state index in [1.54, 1.807) is 11.8 Å². The van der Waals surface area contributed by atoms with Crippen LogP contribution < -0.4 is 5.32 Å². The molecule has 7 nitrogen and oxygen atoms in total. The summed E-state index contributed by atoms with van der Waals surface area (Å²) in [6.45, 7) is 6.21. The normalized spacial score (nSPS) is 18.4. The first-order valence-electron chi connectivity index (χ1n) is 8.53. The van der Waals surface area contributed by atoms with E-state index < -0.39 is 0 Å². The second kappa shape index (κ2) is 8.29. The van der Waals surface area contributed by atoms with Crippen LogP contribution in [0.2, 0.25) is 0 Å². The first-order chi connectivity index (χ1) is 12.1. The monoisotopic (exact) mass is 380 g/mol. The number of aryl methyl sites for hydroxylation is 1. The third-order valence-electron chi connectivity index (χ3n) is 4.25. The van der Waals surface area contributed by atoms with Crippen LogP contribution in [0.1, 0.15) is 37.2 Å². The van der Waals surface area contributed by atoms with Crippen LogP contribution in [0.25, 0.3) is 0 Å². The molecule has 0 aliphatic carbocycles. The van der Waals surface area contributed by atoms with Gasteiger partial charge in [-0.25, -0.2) is 4.98 Å². The number of hydrogen-bond acceptors (Lipinski definition) is 7. The first kappa shape index (κ1) is 18.3. The number of rotatable bonds is 6. The topological polar surface area (TPSA) is 75.9 Å². The molecule has 1 N–H and O–H groups in total. The van der Waals surface area contributed by atoms with Gasteiger partial charge in [-0.15, -0.1) is 21.5 Å². The van der Waals surface area contributed by atoms with Gasteiger partial charge < -0.3 is 9.88 Å². The van der Waals surface area contributed by atoms with E-state index in [-0.39, 0.29) is 5.91 Å². The van der Waals surface area contributed by atoms with Crippen LogP contribution in [0.4, 0.5) is 5.13 Å². The molecular formula is C16H24N6OS2. The van der Waals surface area contributed by atoms with Gasteiger partial charge in [0.05, 0.1) is 12.2 Å². The molecule has 0 saturated carbocycles. The predicted octanol–water partition coefficient (Wildman–Crippen LogP) is 2.51. The largest absolute Gasteiger partial charge is 0.309 e. The zero-order valence-corrected chi connectivity index (χ0v) is 16.5. The van der Waals surface area contributed by atoms with E-state index in [1.165, 1.54) is 11.3 Å². The van der Waals surface area contributed by atoms with Crippen LogP contribution in [0.3, 0.4) is 0 Å². The number of thiazole rings is 1. The van der Waals surface area contributed by atoms with E-state index in [2.05, 4.69) is 36.9 Å². The van der Waals surface area contributed by atoms with E-state index in [0.29, 0.717) is 17.6 Å². The van der Waals surface area contributed by atoms with Crippen molar-refractivity contribution in [2.45, 2.75) is 37.8 Å². The third kappa shape index (κ3) is 4.59. The van der Waals surface area contributed by atoms with Gasteiger partial charge in [-0.05, 0) is 32.1 Å². The van der Waals surface area contributed by atoms with Crippen LogP contribution >= 0.6 is 23.1 Å². The van der Waals surface area contributed by atoms with E-state index in [9.17, 15) is 4.79 Å². The van der Waals surface area contributed by atoms with Crippen LogP contribution in [0, 0.1) is 6.92 Å². The van der Waals surface area contributed by atoms with Crippen molar-refractivity contribution in [2.24, 2.45) is 7.05 Å². The quantitative estimate of drug-likeness (QED) is 0.776. The lowest BCUT2D eigenvalue weighted by molar-refractivity contribution is -0.117. The fourth-order valence-electron chi connectivity index (χ4n) is 3.12. The maximum atomic E-state index is 12.3. The molecular weight excluding hydrogens is 356 g/mol. The summed E-state index contributed by atoms with van der Waals surface area (Å²) in [6.07, 6.45) is 2.16. The summed E-state index contributed by atoms with van der Waals surface area (Å²) in [7, 11) is 2.03. The van der Waals surface area contributed by atoms with Crippen molar-refractivity contribution in [3.63, 3.8) is 0 Å². The summed E-state index contributed by atoms with van der Waals surface area (Å²) in [5, 5.41) is 15.2. The molecule has 1 atom stereocenters. The number of piperidine rings is 1. The maximum absolute atomic E-state index is 12.3. The molecule has 0 aromatic carbocycles. The van der Waals surface area contributed by atoms with Crippen molar-refractivity contribution in [3.8, 4) is 0 Å². The number of thioether (sulfide) groups is 1. The molecule has 25 heavy (non-hydrogen) atoms. The summed E-state index contributed by atoms with van der Waals surface area (Å²) in [4.78, 5) is 18.7. The number of carbonyl (C=O) groups excluding carboxylic acids is 1. The third-order valence-corrected chi connectivity index (χ3v) is 6.02. The summed E-state index contributed by atoms with van der Waals surface area (Å²) in [5.41, 5.74) is 0.932. The zero-order valence-electron chi connectivity index (χ0n) is 14.9. The second-order valence-electron chi connectivity index (χ2n) is 6.25. The van der Waals surface area contributed by atoms with Crippen molar-refractivity contribution in [3.05, 3.63) is 16.9 Å². The number of aromatic nitrogens is 4. The number of nitrogens with zero attached hydrogens (tertiary/aromatic N) is 5. The van der Waals surface area contributed by atoms with Gasteiger partial charge in [0.25, 0.3) is 0 Å². The van der Waals surface area contributed by atoms with E-state index in [1.807, 2.05) is 19.4 Å². The number of amides is 1. The maximum Gasteiger partial charge on any atom is 0.240 e. The average molecular weight is 381 g/mol. The Bertz CT molecular complexity index is 728. The molecule has 2 aromatic rings. The first-order valence-corrected chi connectivity index (χ1v) is 10.4. The number of likely N-dealkylation sites (tertiary alicyclic amines) is 1. The Morgan fingerprint density at radius 3 is 3.04 bits per heavy atom. The molecule has 1 aliphatic heterocycles. The number of hydrogen-bond donors (Lipinski definition) is 1. The Kier molecular flexibility index (Phi) is 6.08. The number of carbonyl (C=O) groups is 1. The summed E-state index contributed by atoms with van der Waals surface area (Å²) >= 11 is 3.17. The van der Waals surface area contributed by atoms with E-state index in [0.717, 1.165) is 48.4 Å². The van der Waals surface area contributed by atoms with Gasteiger partial charge in [0, 0.05) is 24.9 Å². The molecule has 3 rings (SSSR count). The molecule has 1 fully saturated rings. The Morgan fingerprint density at radius 2 is 2.32 bits per heavy atom. The van der Waals surface area contributed by atoms with Crippen LogP contribution in [0.5, 0.6) is 0 Å². The minimum Gasteiger partial charge on any atom is -0.309 e. The number of nitrogens with one attached hydrogen (secondary N) is 1. The highest BCUT2D eigenvalue weighted by molar-refractivity contribution is 7.99. The van der Waals surface area contributed by atoms with E-state index in [4.69, 9.17) is 0 Å². The lowest BCUT2D eigenvalue weighted by Crippen LogP contribution is -2.40. The minimum atomic E-state index is -0.00445. The SMILES string of the molecule is CCSc1nnc([C@@H]2CCCN(CC(=O)Nc3nc(C)cs3)C2)n1C. The molecule has 3 heterocycles. The van der Waals surface area contributed by atoms with Crippen LogP contribution in [-0.2, 0) is 11.8 Å². The van der Waals surface area contributed by atoms with E-state index >= 15 is 0 Å². The van der Waals surface area contributed by atoms with Gasteiger partial charge in [0.15, 0.2) is 10.3 Å². The molecule has 1 amide bonds. The standard InChI is InChI=1S/C16H24N6OS2/c1-4-24-16-20-19-14(21(16)3)12-6-5-7-22(8-12)9-13(23)18-15-17-11(2)10-25-15/h10,12H,4-9H2,1-3H3,(H,17,18,23)/t12-/m1/s1. The highest BCUT2D eigenvalue weighted by Crippen LogP contribution is 2.27. The van der Waals surface area contributed by atoms with Crippen LogP contribution in [-0.4, -0.2) is 55.9 Å².